The van der Waals surface area contributed by atoms with Gasteiger partial charge in [-0.05, 0) is 26.5 Å². The van der Waals surface area contributed by atoms with Crippen LogP contribution in [0.15, 0.2) is 30.7 Å². The molecule has 9 nitrogen and oxygen atoms in total. The first-order valence-corrected chi connectivity index (χ1v) is 11.6. The summed E-state index contributed by atoms with van der Waals surface area (Å²) in [6.07, 6.45) is 8.41. The summed E-state index contributed by atoms with van der Waals surface area (Å²) in [7, 11) is 2.13. The van der Waals surface area contributed by atoms with Gasteiger partial charge in [0.25, 0.3) is 0 Å². The number of aliphatic hydroxyl groups excluding tert-OH is 1. The van der Waals surface area contributed by atoms with Crippen LogP contribution in [0, 0.1) is 0 Å². The summed E-state index contributed by atoms with van der Waals surface area (Å²) < 4.78 is 0. The number of likely N-dealkylation sites (N-methyl/N-ethyl adjacent to an activating group) is 1. The van der Waals surface area contributed by atoms with Gasteiger partial charge in [0.2, 0.25) is 5.95 Å². The van der Waals surface area contributed by atoms with Gasteiger partial charge in [0, 0.05) is 62.0 Å². The second-order valence-electron chi connectivity index (χ2n) is 9.20. The van der Waals surface area contributed by atoms with E-state index in [2.05, 4.69) is 49.0 Å². The number of anilines is 3. The molecule has 0 saturated carbocycles. The van der Waals surface area contributed by atoms with Gasteiger partial charge in [0.1, 0.15) is 11.3 Å². The second kappa shape index (κ2) is 9.84. The minimum absolute atomic E-state index is 0.0196. The number of piperazine rings is 1. The molecule has 0 bridgehead atoms. The Bertz CT molecular complexity index is 1080. The van der Waals surface area contributed by atoms with E-state index in [0.29, 0.717) is 11.3 Å². The summed E-state index contributed by atoms with van der Waals surface area (Å²) in [4.78, 5) is 22.9. The van der Waals surface area contributed by atoms with Crippen molar-refractivity contribution in [3.8, 4) is 11.1 Å². The lowest BCUT2D eigenvalue weighted by Crippen LogP contribution is -2.45. The molecule has 4 heterocycles. The van der Waals surface area contributed by atoms with E-state index in [0.717, 1.165) is 73.7 Å². The summed E-state index contributed by atoms with van der Waals surface area (Å²) in [5.41, 5.74) is 9.60. The molecule has 1 aliphatic rings. The van der Waals surface area contributed by atoms with Gasteiger partial charge in [0.05, 0.1) is 23.3 Å². The molecule has 9 heteroatoms. The van der Waals surface area contributed by atoms with E-state index in [9.17, 15) is 5.11 Å². The predicted octanol–water partition coefficient (Wildman–Crippen LogP) is 2.77. The first kappa shape index (κ1) is 23.1. The largest absolute Gasteiger partial charge is 0.394 e. The predicted molar refractivity (Wildman–Crippen MR) is 133 cm³/mol. The molecule has 1 saturated heterocycles. The third kappa shape index (κ3) is 5.31. The van der Waals surface area contributed by atoms with Crippen LogP contribution in [0.1, 0.15) is 33.1 Å². The van der Waals surface area contributed by atoms with Crippen LogP contribution in [-0.2, 0) is 0 Å². The van der Waals surface area contributed by atoms with E-state index < -0.39 is 5.54 Å². The molecule has 3 aromatic rings. The Morgan fingerprint density at radius 1 is 1.06 bits per heavy atom. The fourth-order valence-corrected chi connectivity index (χ4v) is 4.10. The van der Waals surface area contributed by atoms with Gasteiger partial charge in [-0.1, -0.05) is 19.8 Å². The maximum atomic E-state index is 9.99. The number of aliphatic hydroxyl groups is 1. The molecular formula is C24H34N8O. The lowest BCUT2D eigenvalue weighted by atomic mass is 9.95. The molecule has 1 atom stereocenters. The summed E-state index contributed by atoms with van der Waals surface area (Å²) in [6.45, 7) is 8.05. The number of rotatable bonds is 8. The highest BCUT2D eigenvalue weighted by Gasteiger charge is 2.24. The Morgan fingerprint density at radius 2 is 1.76 bits per heavy atom. The summed E-state index contributed by atoms with van der Waals surface area (Å²) >= 11 is 0. The average molecular weight is 451 g/mol. The monoisotopic (exact) mass is 450 g/mol. The lowest BCUT2D eigenvalue weighted by Gasteiger charge is -2.32. The Balaban J connectivity index is 1.59. The highest BCUT2D eigenvalue weighted by Crippen LogP contribution is 2.30. The molecule has 0 radical (unpaired) electrons. The third-order valence-corrected chi connectivity index (χ3v) is 6.29. The number of fused-ring (bicyclic) bond motifs is 1. The summed E-state index contributed by atoms with van der Waals surface area (Å²) in [5, 5.41) is 13.5. The SMILES string of the molecule is CCCC[C@](C)(CO)Nc1cc(N)nc2cc(-c3cnc(N4CCN(C)CC4)nc3)cnc12. The van der Waals surface area contributed by atoms with Gasteiger partial charge in [-0.25, -0.2) is 15.0 Å². The molecule has 33 heavy (non-hydrogen) atoms. The van der Waals surface area contributed by atoms with E-state index in [1.54, 1.807) is 6.07 Å². The van der Waals surface area contributed by atoms with Crippen LogP contribution in [0.4, 0.5) is 17.5 Å². The van der Waals surface area contributed by atoms with Crippen molar-refractivity contribution in [3.63, 3.8) is 0 Å². The molecule has 0 aliphatic carbocycles. The Labute approximate surface area is 195 Å². The number of nitrogens with zero attached hydrogens (tertiary/aromatic N) is 6. The number of nitrogens with two attached hydrogens (primary N) is 1. The fraction of sp³-hybridized carbons (Fsp3) is 0.500. The number of aromatic nitrogens is 4. The van der Waals surface area contributed by atoms with Gasteiger partial charge in [-0.2, -0.15) is 0 Å². The minimum Gasteiger partial charge on any atom is -0.394 e. The van der Waals surface area contributed by atoms with E-state index in [4.69, 9.17) is 5.73 Å². The van der Waals surface area contributed by atoms with Gasteiger partial charge >= 0.3 is 0 Å². The molecule has 1 fully saturated rings. The standard InChI is InChI=1S/C24H34N8O/c1-4-5-6-24(2,16-33)30-20-12-21(25)29-19-11-17(13-26-22(19)20)18-14-27-23(28-15-18)32-9-7-31(3)8-10-32/h11-15,33H,4-10,16H2,1-3H3,(H3,25,29,30)/t24-/m1/s1. The number of nitrogens with one attached hydrogen (secondary N) is 1. The Morgan fingerprint density at radius 3 is 2.42 bits per heavy atom. The van der Waals surface area contributed by atoms with Crippen LogP contribution >= 0.6 is 0 Å². The fourth-order valence-electron chi connectivity index (χ4n) is 4.10. The molecule has 0 unspecified atom stereocenters. The van der Waals surface area contributed by atoms with E-state index in [1.165, 1.54) is 0 Å². The number of unbranched alkanes of at least 4 members (excludes halogenated alkanes) is 1. The van der Waals surface area contributed by atoms with Crippen molar-refractivity contribution >= 4 is 28.5 Å². The topological polar surface area (TPSA) is 116 Å². The quantitative estimate of drug-likeness (QED) is 0.476. The van der Waals surface area contributed by atoms with Crippen molar-refractivity contribution < 1.29 is 5.11 Å². The third-order valence-electron chi connectivity index (χ3n) is 6.29. The Kier molecular flexibility index (Phi) is 6.90. The van der Waals surface area contributed by atoms with Crippen LogP contribution in [-0.4, -0.2) is 75.3 Å². The zero-order valence-electron chi connectivity index (χ0n) is 19.8. The summed E-state index contributed by atoms with van der Waals surface area (Å²) in [6, 6.07) is 3.74. The zero-order chi connectivity index (χ0) is 23.4. The molecule has 4 N–H and O–H groups in total. The molecule has 3 aromatic heterocycles. The smallest absolute Gasteiger partial charge is 0.225 e. The van der Waals surface area contributed by atoms with Crippen molar-refractivity contribution in [2.75, 3.05) is 55.8 Å². The van der Waals surface area contributed by atoms with Crippen molar-refractivity contribution in [1.82, 2.24) is 24.8 Å². The van der Waals surface area contributed by atoms with Crippen LogP contribution in [0.25, 0.3) is 22.2 Å². The number of nitrogen functional groups attached to an aromatic ring is 1. The van der Waals surface area contributed by atoms with Gasteiger partial charge in [-0.15, -0.1) is 0 Å². The average Bonchev–Trinajstić information content (AvgIpc) is 2.83. The molecule has 0 spiro atoms. The molecule has 0 aromatic carbocycles. The Hall–Kier alpha value is -3.04. The van der Waals surface area contributed by atoms with E-state index >= 15 is 0 Å². The highest BCUT2D eigenvalue weighted by molar-refractivity contribution is 5.91. The maximum Gasteiger partial charge on any atom is 0.225 e. The zero-order valence-corrected chi connectivity index (χ0v) is 19.8. The van der Waals surface area contributed by atoms with Crippen molar-refractivity contribution in [2.45, 2.75) is 38.6 Å². The molecule has 4 rings (SSSR count). The van der Waals surface area contributed by atoms with Crippen molar-refractivity contribution in [1.29, 1.82) is 0 Å². The second-order valence-corrected chi connectivity index (χ2v) is 9.20. The minimum atomic E-state index is -0.454. The van der Waals surface area contributed by atoms with Gasteiger partial charge in [0.15, 0.2) is 0 Å². The normalized spacial score (nSPS) is 16.7. The number of hydrogen-bond acceptors (Lipinski definition) is 9. The van der Waals surface area contributed by atoms with Crippen LogP contribution in [0.3, 0.4) is 0 Å². The first-order valence-electron chi connectivity index (χ1n) is 11.6. The van der Waals surface area contributed by atoms with Gasteiger partial charge < -0.3 is 26.0 Å². The van der Waals surface area contributed by atoms with Gasteiger partial charge in [-0.3, -0.25) is 4.98 Å². The van der Waals surface area contributed by atoms with Crippen LogP contribution in [0.5, 0.6) is 0 Å². The lowest BCUT2D eigenvalue weighted by molar-refractivity contribution is 0.212. The van der Waals surface area contributed by atoms with Crippen LogP contribution in [0.2, 0.25) is 0 Å². The maximum absolute atomic E-state index is 9.99. The first-order chi connectivity index (χ1) is 15.9. The number of pyridine rings is 2. The molecule has 0 amide bonds. The molecule has 176 valence electrons. The van der Waals surface area contributed by atoms with E-state index in [1.807, 2.05) is 31.6 Å². The van der Waals surface area contributed by atoms with Crippen molar-refractivity contribution in [2.24, 2.45) is 0 Å². The van der Waals surface area contributed by atoms with Crippen molar-refractivity contribution in [3.05, 3.63) is 30.7 Å². The van der Waals surface area contributed by atoms with E-state index in [-0.39, 0.29) is 6.61 Å². The number of hydrogen-bond donors (Lipinski definition) is 3. The molecular weight excluding hydrogens is 416 g/mol. The summed E-state index contributed by atoms with van der Waals surface area (Å²) in [5.74, 6) is 1.16. The van der Waals surface area contributed by atoms with Crippen LogP contribution < -0.4 is 16.0 Å². The molecule has 1 aliphatic heterocycles. The highest BCUT2D eigenvalue weighted by atomic mass is 16.3.